The first-order valence-electron chi connectivity index (χ1n) is 10.9. The van der Waals surface area contributed by atoms with Gasteiger partial charge in [-0.2, -0.15) is 5.10 Å². The number of aryl methyl sites for hydroxylation is 2. The Hall–Kier alpha value is -3.52. The molecule has 3 aromatic rings. The average molecular weight is 431 g/mol. The van der Waals surface area contributed by atoms with Crippen LogP contribution in [0.5, 0.6) is 0 Å². The number of non-ortho nitro benzene ring substituents is 1. The van der Waals surface area contributed by atoms with Crippen molar-refractivity contribution in [1.29, 1.82) is 0 Å². The first-order valence-corrected chi connectivity index (χ1v) is 10.9. The van der Waals surface area contributed by atoms with E-state index in [4.69, 9.17) is 0 Å². The van der Waals surface area contributed by atoms with E-state index >= 15 is 0 Å². The number of hydrogen-bond acceptors (Lipinski definition) is 5. The van der Waals surface area contributed by atoms with Crippen molar-refractivity contribution in [3.8, 4) is 0 Å². The van der Waals surface area contributed by atoms with Crippen LogP contribution in [0, 0.1) is 17.0 Å². The first kappa shape index (κ1) is 20.4. The fourth-order valence-corrected chi connectivity index (χ4v) is 5.06. The Morgan fingerprint density at radius 1 is 1.25 bits per heavy atom. The molecule has 1 aromatic heterocycles. The molecule has 2 heterocycles. The number of hydrazone groups is 1. The quantitative estimate of drug-likeness (QED) is 0.379. The van der Waals surface area contributed by atoms with Crippen LogP contribution in [-0.4, -0.2) is 39.6 Å². The number of nitrogens with zero attached hydrogens (tertiary/aromatic N) is 4. The standard InChI is InChI=1S/C24H25N5O3/c1-16-5-10-21-20(13-16)19-3-2-4-22-24(19)28(21)12-11-27(22)15-23(30)26-25-14-17-6-8-18(9-7-17)29(31)32/h5-10,13-14,22H,2-4,11-12,15H2,1H3,(H,26,30)/b25-14+/t22-/m0/s1. The highest BCUT2D eigenvalue weighted by Gasteiger charge is 2.35. The van der Waals surface area contributed by atoms with E-state index in [2.05, 4.69) is 45.1 Å². The molecule has 0 saturated carbocycles. The lowest BCUT2D eigenvalue weighted by Gasteiger charge is -2.39. The molecule has 1 amide bonds. The molecule has 1 aliphatic heterocycles. The molecule has 0 bridgehead atoms. The van der Waals surface area contributed by atoms with Crippen LogP contribution in [0.1, 0.15) is 41.3 Å². The number of carbonyl (C=O) groups excluding carboxylic acids is 1. The van der Waals surface area contributed by atoms with Gasteiger partial charge in [-0.25, -0.2) is 5.43 Å². The summed E-state index contributed by atoms with van der Waals surface area (Å²) >= 11 is 0. The summed E-state index contributed by atoms with van der Waals surface area (Å²) in [6.07, 6.45) is 4.78. The smallest absolute Gasteiger partial charge is 0.269 e. The highest BCUT2D eigenvalue weighted by molar-refractivity contribution is 5.87. The van der Waals surface area contributed by atoms with Crippen molar-refractivity contribution in [2.24, 2.45) is 5.10 Å². The van der Waals surface area contributed by atoms with Crippen LogP contribution < -0.4 is 5.43 Å². The molecule has 0 spiro atoms. The zero-order valence-corrected chi connectivity index (χ0v) is 18.0. The van der Waals surface area contributed by atoms with E-state index in [0.29, 0.717) is 12.1 Å². The zero-order valence-electron chi connectivity index (χ0n) is 18.0. The molecule has 0 unspecified atom stereocenters. The van der Waals surface area contributed by atoms with Crippen LogP contribution in [0.25, 0.3) is 10.9 Å². The fraction of sp³-hybridized carbons (Fsp3) is 0.333. The summed E-state index contributed by atoms with van der Waals surface area (Å²) in [7, 11) is 0. The summed E-state index contributed by atoms with van der Waals surface area (Å²) in [4.78, 5) is 25.1. The van der Waals surface area contributed by atoms with Crippen molar-refractivity contribution in [3.05, 3.63) is 75.0 Å². The van der Waals surface area contributed by atoms with Crippen molar-refractivity contribution in [2.45, 2.75) is 38.8 Å². The Kier molecular flexibility index (Phi) is 5.22. The van der Waals surface area contributed by atoms with E-state index in [-0.39, 0.29) is 17.6 Å². The lowest BCUT2D eigenvalue weighted by Crippen LogP contribution is -2.44. The summed E-state index contributed by atoms with van der Waals surface area (Å²) in [5.74, 6) is -0.157. The van der Waals surface area contributed by atoms with Gasteiger partial charge in [-0.3, -0.25) is 19.8 Å². The van der Waals surface area contributed by atoms with Crippen LogP contribution in [0.2, 0.25) is 0 Å². The lowest BCUT2D eigenvalue weighted by atomic mass is 9.89. The molecule has 2 aromatic carbocycles. The number of benzene rings is 2. The number of hydrogen-bond donors (Lipinski definition) is 1. The van der Waals surface area contributed by atoms with E-state index < -0.39 is 4.92 Å². The normalized spacial score (nSPS) is 18.1. The number of nitro benzene ring substituents is 1. The predicted molar refractivity (Wildman–Crippen MR) is 123 cm³/mol. The van der Waals surface area contributed by atoms with Gasteiger partial charge in [0.15, 0.2) is 0 Å². The van der Waals surface area contributed by atoms with Crippen molar-refractivity contribution in [3.63, 3.8) is 0 Å². The predicted octanol–water partition coefficient (Wildman–Crippen LogP) is 3.70. The number of fused-ring (bicyclic) bond motifs is 3. The molecular weight excluding hydrogens is 406 g/mol. The van der Waals surface area contributed by atoms with E-state index in [1.807, 2.05) is 0 Å². The van der Waals surface area contributed by atoms with Crippen LogP contribution in [0.15, 0.2) is 47.6 Å². The molecule has 0 fully saturated rings. The second-order valence-corrected chi connectivity index (χ2v) is 8.56. The van der Waals surface area contributed by atoms with E-state index in [9.17, 15) is 14.9 Å². The highest BCUT2D eigenvalue weighted by Crippen LogP contribution is 2.42. The molecule has 164 valence electrons. The summed E-state index contributed by atoms with van der Waals surface area (Å²) in [5.41, 5.74) is 8.72. The number of nitrogens with one attached hydrogen (secondary N) is 1. The van der Waals surface area contributed by atoms with Gasteiger partial charge in [0.25, 0.3) is 11.6 Å². The van der Waals surface area contributed by atoms with Gasteiger partial charge in [-0.15, -0.1) is 0 Å². The molecule has 1 aliphatic carbocycles. The minimum absolute atomic E-state index is 0.0238. The van der Waals surface area contributed by atoms with Crippen LogP contribution in [-0.2, 0) is 17.8 Å². The van der Waals surface area contributed by atoms with Crippen molar-refractivity contribution in [2.75, 3.05) is 13.1 Å². The van der Waals surface area contributed by atoms with E-state index in [1.165, 1.54) is 46.1 Å². The minimum Gasteiger partial charge on any atom is -0.342 e. The molecule has 1 N–H and O–H groups in total. The van der Waals surface area contributed by atoms with Crippen molar-refractivity contribution >= 4 is 28.7 Å². The molecule has 1 atom stereocenters. The molecule has 5 rings (SSSR count). The maximum absolute atomic E-state index is 12.6. The van der Waals surface area contributed by atoms with Gasteiger partial charge in [-0.1, -0.05) is 11.6 Å². The van der Waals surface area contributed by atoms with Crippen LogP contribution in [0.4, 0.5) is 5.69 Å². The first-order chi connectivity index (χ1) is 15.5. The monoisotopic (exact) mass is 431 g/mol. The average Bonchev–Trinajstić information content (AvgIpc) is 3.10. The summed E-state index contributed by atoms with van der Waals surface area (Å²) < 4.78 is 2.45. The molecule has 0 radical (unpaired) electrons. The van der Waals surface area contributed by atoms with Gasteiger partial charge in [0.05, 0.1) is 23.7 Å². The maximum atomic E-state index is 12.6. The summed E-state index contributed by atoms with van der Waals surface area (Å²) in [6, 6.07) is 13.0. The SMILES string of the molecule is Cc1ccc2c(c1)c1c3n2CCN(CC(=O)N/N=C/c2ccc([N+](=O)[O-])cc2)[C@H]3CCC1. The largest absolute Gasteiger partial charge is 0.342 e. The maximum Gasteiger partial charge on any atom is 0.269 e. The lowest BCUT2D eigenvalue weighted by molar-refractivity contribution is -0.384. The number of nitro groups is 1. The van der Waals surface area contributed by atoms with Gasteiger partial charge < -0.3 is 4.57 Å². The number of aromatic nitrogens is 1. The number of amides is 1. The third-order valence-electron chi connectivity index (χ3n) is 6.49. The van der Waals surface area contributed by atoms with Crippen molar-refractivity contribution < 1.29 is 9.72 Å². The summed E-state index contributed by atoms with van der Waals surface area (Å²) in [6.45, 7) is 4.14. The second kappa shape index (κ2) is 8.20. The van der Waals surface area contributed by atoms with Gasteiger partial charge in [0.1, 0.15) is 0 Å². The van der Waals surface area contributed by atoms with E-state index in [0.717, 1.165) is 32.4 Å². The fourth-order valence-electron chi connectivity index (χ4n) is 5.06. The van der Waals surface area contributed by atoms with Crippen molar-refractivity contribution in [1.82, 2.24) is 14.9 Å². The number of rotatable bonds is 5. The Morgan fingerprint density at radius 3 is 2.84 bits per heavy atom. The molecule has 8 nitrogen and oxygen atoms in total. The number of carbonyl (C=O) groups is 1. The summed E-state index contributed by atoms with van der Waals surface area (Å²) in [5, 5.41) is 16.1. The molecular formula is C24H25N5O3. The topological polar surface area (TPSA) is 92.8 Å². The second-order valence-electron chi connectivity index (χ2n) is 8.56. The zero-order chi connectivity index (χ0) is 22.2. The third-order valence-corrected chi connectivity index (χ3v) is 6.49. The minimum atomic E-state index is -0.446. The van der Waals surface area contributed by atoms with Crippen LogP contribution in [0.3, 0.4) is 0 Å². The van der Waals surface area contributed by atoms with Gasteiger partial charge in [0.2, 0.25) is 0 Å². The highest BCUT2D eigenvalue weighted by atomic mass is 16.6. The Morgan fingerprint density at radius 2 is 2.06 bits per heavy atom. The third kappa shape index (κ3) is 3.67. The van der Waals surface area contributed by atoms with Crippen LogP contribution >= 0.6 is 0 Å². The molecule has 0 saturated heterocycles. The van der Waals surface area contributed by atoms with E-state index in [1.54, 1.807) is 12.1 Å². The Balaban J connectivity index is 1.28. The molecule has 8 heteroatoms. The molecule has 2 aliphatic rings. The van der Waals surface area contributed by atoms with Gasteiger partial charge in [-0.05, 0) is 61.6 Å². The molecule has 32 heavy (non-hydrogen) atoms. The van der Waals surface area contributed by atoms with Gasteiger partial charge >= 0.3 is 0 Å². The Labute approximate surface area is 185 Å². The Bertz CT molecular complexity index is 1230. The van der Waals surface area contributed by atoms with Gasteiger partial charge in [0, 0.05) is 41.8 Å².